The molecule has 0 aromatic rings. The van der Waals surface area contributed by atoms with Crippen molar-refractivity contribution in [1.82, 2.24) is 4.90 Å². The van der Waals surface area contributed by atoms with Gasteiger partial charge in [-0.3, -0.25) is 4.79 Å². The molecule has 4 heteroatoms. The molecule has 4 nitrogen and oxygen atoms in total. The van der Waals surface area contributed by atoms with Crippen LogP contribution >= 0.6 is 0 Å². The monoisotopic (exact) mass is 299 g/mol. The molecule has 1 amide bonds. The molecule has 124 valence electrons. The van der Waals surface area contributed by atoms with Crippen LogP contribution in [0.5, 0.6) is 0 Å². The van der Waals surface area contributed by atoms with Crippen LogP contribution in [0.1, 0.15) is 46.5 Å². The van der Waals surface area contributed by atoms with Crippen LogP contribution in [0, 0.1) is 0 Å². The van der Waals surface area contributed by atoms with Crippen LogP contribution in [0.25, 0.3) is 0 Å². The topological polar surface area (TPSA) is 40.5 Å². The molecular weight excluding hydrogens is 264 g/mol. The fourth-order valence-corrected chi connectivity index (χ4v) is 2.70. The van der Waals surface area contributed by atoms with Gasteiger partial charge >= 0.3 is 0 Å². The van der Waals surface area contributed by atoms with Crippen LogP contribution < -0.4 is 0 Å². The summed E-state index contributed by atoms with van der Waals surface area (Å²) in [5.74, 6) is 0.260. The second-order valence-corrected chi connectivity index (χ2v) is 5.65. The summed E-state index contributed by atoms with van der Waals surface area (Å²) >= 11 is 0. The number of hydrogen-bond acceptors (Lipinski definition) is 2. The highest BCUT2D eigenvalue weighted by Gasteiger charge is 2.24. The molecule has 0 spiro atoms. The van der Waals surface area contributed by atoms with E-state index in [1.165, 1.54) is 0 Å². The van der Waals surface area contributed by atoms with E-state index in [-0.39, 0.29) is 12.5 Å². The van der Waals surface area contributed by atoms with Crippen molar-refractivity contribution in [3.05, 3.63) is 12.7 Å². The molecule has 1 N–H and O–H groups in total. The maximum Gasteiger partial charge on any atom is 0.222 e. The highest BCUT2D eigenvalue weighted by atomic mass is 16.3. The van der Waals surface area contributed by atoms with Crippen molar-refractivity contribution >= 4 is 5.91 Å². The number of quaternary nitrogens is 1. The Labute approximate surface area is 131 Å². The van der Waals surface area contributed by atoms with Gasteiger partial charge in [-0.05, 0) is 40.0 Å². The van der Waals surface area contributed by atoms with E-state index in [0.717, 1.165) is 63.0 Å². The van der Waals surface area contributed by atoms with Crippen LogP contribution in [0.4, 0.5) is 0 Å². The Morgan fingerprint density at radius 1 is 1.19 bits per heavy atom. The maximum atomic E-state index is 12.2. The van der Waals surface area contributed by atoms with Crippen molar-refractivity contribution in [2.45, 2.75) is 46.5 Å². The van der Waals surface area contributed by atoms with Gasteiger partial charge in [0.25, 0.3) is 0 Å². The minimum absolute atomic E-state index is 0.212. The van der Waals surface area contributed by atoms with Crippen LogP contribution in [0.3, 0.4) is 0 Å². The maximum absolute atomic E-state index is 12.2. The fraction of sp³-hybridized carbons (Fsp3) is 0.824. The highest BCUT2D eigenvalue weighted by molar-refractivity contribution is 5.76. The molecule has 0 unspecified atom stereocenters. The number of unbranched alkanes of at least 4 members (excludes halogenated alkanes) is 2. The lowest BCUT2D eigenvalue weighted by atomic mass is 10.2. The van der Waals surface area contributed by atoms with Gasteiger partial charge in [0.2, 0.25) is 5.91 Å². The normalized spacial score (nSPS) is 11.4. The first-order valence-electron chi connectivity index (χ1n) is 8.43. The molecule has 0 heterocycles. The van der Waals surface area contributed by atoms with Crippen LogP contribution in [0.15, 0.2) is 12.7 Å². The predicted octanol–water partition coefficient (Wildman–Crippen LogP) is 2.43. The van der Waals surface area contributed by atoms with Crippen molar-refractivity contribution < 1.29 is 14.4 Å². The number of aliphatic hydroxyl groups excluding tert-OH is 1. The number of rotatable bonds is 13. The van der Waals surface area contributed by atoms with Crippen molar-refractivity contribution in [2.75, 3.05) is 45.9 Å². The minimum Gasteiger partial charge on any atom is -0.391 e. The van der Waals surface area contributed by atoms with Crippen molar-refractivity contribution in [1.29, 1.82) is 0 Å². The van der Waals surface area contributed by atoms with Crippen LogP contribution in [-0.4, -0.2) is 66.3 Å². The lowest BCUT2D eigenvalue weighted by Crippen LogP contribution is -2.53. The van der Waals surface area contributed by atoms with Crippen LogP contribution in [-0.2, 0) is 4.79 Å². The molecule has 0 fully saturated rings. The quantitative estimate of drug-likeness (QED) is 0.322. The number of amides is 1. The van der Waals surface area contributed by atoms with Gasteiger partial charge in [0.1, 0.15) is 6.54 Å². The Hall–Kier alpha value is -0.870. The summed E-state index contributed by atoms with van der Waals surface area (Å²) < 4.78 is 0.886. The van der Waals surface area contributed by atoms with Gasteiger partial charge in [-0.2, -0.15) is 0 Å². The van der Waals surface area contributed by atoms with Crippen molar-refractivity contribution in [3.8, 4) is 0 Å². The molecular formula is C17H35N2O2+. The second-order valence-electron chi connectivity index (χ2n) is 5.65. The molecule has 0 bridgehead atoms. The second kappa shape index (κ2) is 11.8. The highest BCUT2D eigenvalue weighted by Crippen LogP contribution is 2.08. The lowest BCUT2D eigenvalue weighted by Gasteiger charge is -2.38. The number of carbonyl (C=O) groups is 1. The Bertz CT molecular complexity index is 289. The molecule has 0 aromatic carbocycles. The zero-order valence-corrected chi connectivity index (χ0v) is 14.3. The summed E-state index contributed by atoms with van der Waals surface area (Å²) in [6.07, 6.45) is 5.52. The molecule has 21 heavy (non-hydrogen) atoms. The van der Waals surface area contributed by atoms with Gasteiger partial charge in [0.15, 0.2) is 0 Å². The summed E-state index contributed by atoms with van der Waals surface area (Å²) in [6.45, 7) is 15.5. The fourth-order valence-electron chi connectivity index (χ4n) is 2.70. The molecule has 0 saturated heterocycles. The Balaban J connectivity index is 4.34. The van der Waals surface area contributed by atoms with Gasteiger partial charge in [-0.1, -0.05) is 6.08 Å². The SMILES string of the molecule is C=CCCCCC(=O)N(CC)CC[N+](CC)(CC)CCO. The molecule has 0 saturated carbocycles. The molecule has 0 aliphatic carbocycles. The van der Waals surface area contributed by atoms with E-state index in [9.17, 15) is 9.90 Å². The molecule has 0 radical (unpaired) electrons. The van der Waals surface area contributed by atoms with Gasteiger partial charge in [0, 0.05) is 13.0 Å². The molecule has 0 aromatic heterocycles. The Kier molecular flexibility index (Phi) is 11.3. The average molecular weight is 299 g/mol. The molecule has 0 aliphatic rings. The van der Waals surface area contributed by atoms with Crippen molar-refractivity contribution in [2.24, 2.45) is 0 Å². The first-order valence-corrected chi connectivity index (χ1v) is 8.43. The number of carbonyl (C=O) groups excluding carboxylic acids is 1. The van der Waals surface area contributed by atoms with E-state index in [1.54, 1.807) is 0 Å². The lowest BCUT2D eigenvalue weighted by molar-refractivity contribution is -0.924. The Morgan fingerprint density at radius 3 is 2.33 bits per heavy atom. The predicted molar refractivity (Wildman–Crippen MR) is 89.1 cm³/mol. The Morgan fingerprint density at radius 2 is 1.86 bits per heavy atom. The first-order chi connectivity index (χ1) is 10.1. The smallest absolute Gasteiger partial charge is 0.222 e. The summed E-state index contributed by atoms with van der Waals surface area (Å²) in [7, 11) is 0. The minimum atomic E-state index is 0.212. The van der Waals surface area contributed by atoms with E-state index in [1.807, 2.05) is 17.9 Å². The molecule has 0 aliphatic heterocycles. The third-order valence-corrected chi connectivity index (χ3v) is 4.54. The van der Waals surface area contributed by atoms with E-state index in [2.05, 4.69) is 20.4 Å². The van der Waals surface area contributed by atoms with Crippen molar-refractivity contribution in [3.63, 3.8) is 0 Å². The summed E-state index contributed by atoms with van der Waals surface area (Å²) in [4.78, 5) is 14.2. The number of hydrogen-bond donors (Lipinski definition) is 1. The molecule has 0 atom stereocenters. The number of aliphatic hydroxyl groups is 1. The number of nitrogens with zero attached hydrogens (tertiary/aromatic N) is 2. The van der Waals surface area contributed by atoms with E-state index < -0.39 is 0 Å². The summed E-state index contributed by atoms with van der Waals surface area (Å²) in [5.41, 5.74) is 0. The summed E-state index contributed by atoms with van der Waals surface area (Å²) in [6, 6.07) is 0. The van der Waals surface area contributed by atoms with Gasteiger partial charge in [0.05, 0.1) is 32.8 Å². The zero-order valence-electron chi connectivity index (χ0n) is 14.3. The first kappa shape index (κ1) is 20.1. The largest absolute Gasteiger partial charge is 0.391 e. The third-order valence-electron chi connectivity index (χ3n) is 4.54. The van der Waals surface area contributed by atoms with Gasteiger partial charge < -0.3 is 14.5 Å². The van der Waals surface area contributed by atoms with E-state index in [0.29, 0.717) is 6.42 Å². The van der Waals surface area contributed by atoms with Gasteiger partial charge in [-0.25, -0.2) is 0 Å². The zero-order chi connectivity index (χ0) is 16.1. The van der Waals surface area contributed by atoms with E-state index >= 15 is 0 Å². The average Bonchev–Trinajstić information content (AvgIpc) is 2.51. The van der Waals surface area contributed by atoms with E-state index in [4.69, 9.17) is 0 Å². The third kappa shape index (κ3) is 7.63. The number of allylic oxidation sites excluding steroid dienone is 1. The summed E-state index contributed by atoms with van der Waals surface area (Å²) in [5, 5.41) is 9.26. The molecule has 0 rings (SSSR count). The van der Waals surface area contributed by atoms with Gasteiger partial charge in [-0.15, -0.1) is 6.58 Å². The van der Waals surface area contributed by atoms with Crippen LogP contribution in [0.2, 0.25) is 0 Å². The number of likely N-dealkylation sites (N-methyl/N-ethyl adjacent to an activating group) is 2. The standard InChI is InChI=1S/C17H35N2O2/c1-5-9-10-11-12-17(21)18(6-2)13-14-19(7-3,8-4)15-16-20/h5,20H,1,6-16H2,2-4H3/q+1.